The van der Waals surface area contributed by atoms with Crippen molar-refractivity contribution in [3.05, 3.63) is 35.4 Å². The quantitative estimate of drug-likeness (QED) is 0.680. The van der Waals surface area contributed by atoms with Crippen LogP contribution in [-0.4, -0.2) is 22.6 Å². The second-order valence-corrected chi connectivity index (χ2v) is 7.38. The van der Waals surface area contributed by atoms with Crippen molar-refractivity contribution in [2.45, 2.75) is 63.9 Å². The molecule has 4 heteroatoms. The first-order valence-corrected chi connectivity index (χ1v) is 8.41. The molecule has 0 amide bonds. The topological polar surface area (TPSA) is 63.6 Å². The van der Waals surface area contributed by atoms with E-state index in [1.54, 1.807) is 0 Å². The molecule has 2 aliphatic rings. The van der Waals surface area contributed by atoms with Crippen LogP contribution in [0.5, 0.6) is 0 Å². The highest BCUT2D eigenvalue weighted by Gasteiger charge is 2.52. The molecule has 1 atom stereocenters. The van der Waals surface area contributed by atoms with Crippen molar-refractivity contribution < 1.29 is 19.4 Å². The van der Waals surface area contributed by atoms with Crippen molar-refractivity contribution in [1.82, 2.24) is 0 Å². The number of hydrogen-bond donors (Lipinski definition) is 1. The molecule has 1 N–H and O–H groups in total. The Labute approximate surface area is 136 Å². The van der Waals surface area contributed by atoms with Crippen LogP contribution in [0.3, 0.4) is 0 Å². The molecule has 0 spiro atoms. The monoisotopic (exact) mass is 316 g/mol. The van der Waals surface area contributed by atoms with Crippen LogP contribution >= 0.6 is 0 Å². The molecule has 23 heavy (non-hydrogen) atoms. The number of carbonyl (C=O) groups excluding carboxylic acids is 1. The first kappa shape index (κ1) is 16.0. The van der Waals surface area contributed by atoms with E-state index in [-0.39, 0.29) is 5.92 Å². The summed E-state index contributed by atoms with van der Waals surface area (Å²) in [7, 11) is 0. The van der Waals surface area contributed by atoms with Gasteiger partial charge in [-0.25, -0.2) is 0 Å². The lowest BCUT2D eigenvalue weighted by Crippen LogP contribution is -2.44. The molecule has 1 aromatic rings. The van der Waals surface area contributed by atoms with Gasteiger partial charge >= 0.3 is 11.9 Å². The van der Waals surface area contributed by atoms with Crippen LogP contribution in [0.4, 0.5) is 0 Å². The fraction of sp³-hybridized carbons (Fsp3) is 0.579. The number of benzene rings is 1. The number of ether oxygens (including phenoxy) is 1. The molecule has 0 aromatic heterocycles. The summed E-state index contributed by atoms with van der Waals surface area (Å²) in [5.74, 6) is -1.48. The molecule has 3 rings (SSSR count). The number of carboxylic acid groups (broad SMARTS) is 1. The molecule has 2 aliphatic carbocycles. The van der Waals surface area contributed by atoms with Gasteiger partial charge in [-0.15, -0.1) is 0 Å². The molecule has 0 heterocycles. The normalized spacial score (nSPS) is 22.6. The lowest BCUT2D eigenvalue weighted by molar-refractivity contribution is -0.179. The zero-order chi connectivity index (χ0) is 16.7. The number of esters is 1. The highest BCUT2D eigenvalue weighted by molar-refractivity contribution is 5.99. The smallest absolute Gasteiger partial charge is 0.324 e. The predicted molar refractivity (Wildman–Crippen MR) is 86.2 cm³/mol. The van der Waals surface area contributed by atoms with E-state index in [2.05, 4.69) is 12.1 Å². The molecule has 0 radical (unpaired) electrons. The molecule has 1 fully saturated rings. The molecule has 0 aliphatic heterocycles. The van der Waals surface area contributed by atoms with Crippen molar-refractivity contribution in [1.29, 1.82) is 0 Å². The number of fused-ring (bicyclic) bond motifs is 1. The van der Waals surface area contributed by atoms with Crippen molar-refractivity contribution in [2.24, 2.45) is 5.41 Å². The average Bonchev–Trinajstić information content (AvgIpc) is 3.15. The molecule has 1 unspecified atom stereocenters. The van der Waals surface area contributed by atoms with Gasteiger partial charge in [-0.2, -0.15) is 0 Å². The highest BCUT2D eigenvalue weighted by atomic mass is 16.6. The van der Waals surface area contributed by atoms with E-state index in [1.807, 2.05) is 26.0 Å². The summed E-state index contributed by atoms with van der Waals surface area (Å²) in [6.07, 6.45) is 4.23. The summed E-state index contributed by atoms with van der Waals surface area (Å²) >= 11 is 0. The lowest BCUT2D eigenvalue weighted by Gasteiger charge is -2.35. The van der Waals surface area contributed by atoms with Crippen LogP contribution in [0.2, 0.25) is 0 Å². The Kier molecular flexibility index (Phi) is 3.95. The number of rotatable bonds is 4. The van der Waals surface area contributed by atoms with Crippen molar-refractivity contribution in [3.63, 3.8) is 0 Å². The zero-order valence-electron chi connectivity index (χ0n) is 13.8. The number of carbonyl (C=O) groups is 2. The van der Waals surface area contributed by atoms with Crippen LogP contribution < -0.4 is 0 Å². The SMILES string of the molecule is CC(C)(OC(=O)C1(C(=O)O)CCCC1)C1CCc2ccccc21. The standard InChI is InChI=1S/C19H24O4/c1-18(2,15-10-9-13-7-3-4-8-14(13)15)23-17(22)19(16(20)21)11-5-6-12-19/h3-4,7-8,15H,5-6,9-12H2,1-2H3,(H,20,21). The summed E-state index contributed by atoms with van der Waals surface area (Å²) in [4.78, 5) is 24.4. The summed E-state index contributed by atoms with van der Waals surface area (Å²) in [6.45, 7) is 3.81. The average molecular weight is 316 g/mol. The molecular weight excluding hydrogens is 292 g/mol. The second kappa shape index (κ2) is 5.66. The summed E-state index contributed by atoms with van der Waals surface area (Å²) in [5.41, 5.74) is 0.487. The minimum absolute atomic E-state index is 0.120. The summed E-state index contributed by atoms with van der Waals surface area (Å²) in [6, 6.07) is 8.23. The van der Waals surface area contributed by atoms with Gasteiger partial charge in [-0.05, 0) is 50.7 Å². The highest BCUT2D eigenvalue weighted by Crippen LogP contribution is 2.45. The third-order valence-corrected chi connectivity index (χ3v) is 5.59. The van der Waals surface area contributed by atoms with Crippen LogP contribution in [0.1, 0.15) is 63.0 Å². The molecule has 0 bridgehead atoms. The molecule has 4 nitrogen and oxygen atoms in total. The van der Waals surface area contributed by atoms with Crippen molar-refractivity contribution in [3.8, 4) is 0 Å². The number of aliphatic carboxylic acids is 1. The van der Waals surface area contributed by atoms with Crippen LogP contribution in [-0.2, 0) is 20.7 Å². The van der Waals surface area contributed by atoms with E-state index in [9.17, 15) is 14.7 Å². The lowest BCUT2D eigenvalue weighted by atomic mass is 9.83. The maximum Gasteiger partial charge on any atom is 0.324 e. The first-order valence-electron chi connectivity index (χ1n) is 8.41. The van der Waals surface area contributed by atoms with Crippen molar-refractivity contribution >= 4 is 11.9 Å². The van der Waals surface area contributed by atoms with Crippen LogP contribution in [0.15, 0.2) is 24.3 Å². The van der Waals surface area contributed by atoms with Gasteiger partial charge in [0.25, 0.3) is 0 Å². The zero-order valence-corrected chi connectivity index (χ0v) is 13.8. The Bertz CT molecular complexity index is 626. The molecule has 1 aromatic carbocycles. The largest absolute Gasteiger partial charge is 0.480 e. The van der Waals surface area contributed by atoms with E-state index in [0.717, 1.165) is 25.7 Å². The van der Waals surface area contributed by atoms with E-state index in [4.69, 9.17) is 4.74 Å². The first-order chi connectivity index (χ1) is 10.9. The van der Waals surface area contributed by atoms with Gasteiger partial charge in [0.2, 0.25) is 0 Å². The fourth-order valence-corrected chi connectivity index (χ4v) is 4.17. The van der Waals surface area contributed by atoms with E-state index < -0.39 is 23.0 Å². The molecule has 0 saturated heterocycles. The maximum atomic E-state index is 12.7. The minimum atomic E-state index is -1.34. The van der Waals surface area contributed by atoms with E-state index >= 15 is 0 Å². The summed E-state index contributed by atoms with van der Waals surface area (Å²) < 4.78 is 5.81. The van der Waals surface area contributed by atoms with E-state index in [0.29, 0.717) is 12.8 Å². The van der Waals surface area contributed by atoms with Crippen molar-refractivity contribution in [2.75, 3.05) is 0 Å². The summed E-state index contributed by atoms with van der Waals surface area (Å²) in [5, 5.41) is 9.55. The van der Waals surface area contributed by atoms with Gasteiger partial charge < -0.3 is 9.84 Å². The predicted octanol–water partition coefficient (Wildman–Crippen LogP) is 3.68. The Hall–Kier alpha value is -1.84. The Balaban J connectivity index is 1.82. The van der Waals surface area contributed by atoms with Crippen LogP contribution in [0, 0.1) is 5.41 Å². The van der Waals surface area contributed by atoms with Gasteiger partial charge in [-0.1, -0.05) is 37.1 Å². The second-order valence-electron chi connectivity index (χ2n) is 7.38. The number of aryl methyl sites for hydroxylation is 1. The third-order valence-electron chi connectivity index (χ3n) is 5.59. The Morgan fingerprint density at radius 1 is 1.22 bits per heavy atom. The molecule has 1 saturated carbocycles. The van der Waals surface area contributed by atoms with Gasteiger partial charge in [0.05, 0.1) is 0 Å². The maximum absolute atomic E-state index is 12.7. The van der Waals surface area contributed by atoms with E-state index in [1.165, 1.54) is 11.1 Å². The number of carboxylic acids is 1. The third kappa shape index (κ3) is 2.64. The van der Waals surface area contributed by atoms with Gasteiger partial charge in [0, 0.05) is 5.92 Å². The Morgan fingerprint density at radius 2 is 1.87 bits per heavy atom. The minimum Gasteiger partial charge on any atom is -0.480 e. The van der Waals surface area contributed by atoms with Gasteiger partial charge in [-0.3, -0.25) is 9.59 Å². The number of hydrogen-bond acceptors (Lipinski definition) is 3. The Morgan fingerprint density at radius 3 is 2.52 bits per heavy atom. The van der Waals surface area contributed by atoms with Crippen LogP contribution in [0.25, 0.3) is 0 Å². The fourth-order valence-electron chi connectivity index (χ4n) is 4.17. The molecular formula is C19H24O4. The van der Waals surface area contributed by atoms with Gasteiger partial charge in [0.1, 0.15) is 5.60 Å². The van der Waals surface area contributed by atoms with Gasteiger partial charge in [0.15, 0.2) is 5.41 Å². The molecule has 124 valence electrons.